The highest BCUT2D eigenvalue weighted by atomic mass is 79.9. The molecule has 0 atom stereocenters. The van der Waals surface area contributed by atoms with Crippen LogP contribution in [0.1, 0.15) is 18.1 Å². The standard InChI is InChI=1S/C14H19BrN2O2S/c1-5-7-17(4)20(18,19)14-9-12(10-16-6-2)8-13(15)11(14)3/h1,8-9,16H,6-7,10H2,2-4H3. The molecular formula is C14H19BrN2O2S. The summed E-state index contributed by atoms with van der Waals surface area (Å²) in [6.45, 7) is 5.28. The molecule has 1 N–H and O–H groups in total. The van der Waals surface area contributed by atoms with Gasteiger partial charge in [-0.25, -0.2) is 8.42 Å². The lowest BCUT2D eigenvalue weighted by molar-refractivity contribution is 0.502. The largest absolute Gasteiger partial charge is 0.313 e. The quantitative estimate of drug-likeness (QED) is 0.792. The summed E-state index contributed by atoms with van der Waals surface area (Å²) in [5.41, 5.74) is 1.60. The van der Waals surface area contributed by atoms with Gasteiger partial charge in [0.15, 0.2) is 0 Å². The lowest BCUT2D eigenvalue weighted by Crippen LogP contribution is -2.28. The van der Waals surface area contributed by atoms with Gasteiger partial charge in [-0.3, -0.25) is 0 Å². The zero-order chi connectivity index (χ0) is 15.3. The molecule has 0 aliphatic rings. The molecule has 0 amide bonds. The first-order valence-corrected chi connectivity index (χ1v) is 8.47. The minimum atomic E-state index is -3.57. The minimum Gasteiger partial charge on any atom is -0.313 e. The molecule has 20 heavy (non-hydrogen) atoms. The van der Waals surface area contributed by atoms with Crippen LogP contribution in [0.3, 0.4) is 0 Å². The van der Waals surface area contributed by atoms with Crippen molar-refractivity contribution in [1.82, 2.24) is 9.62 Å². The van der Waals surface area contributed by atoms with Crippen molar-refractivity contribution in [3.63, 3.8) is 0 Å². The molecule has 1 aromatic carbocycles. The summed E-state index contributed by atoms with van der Waals surface area (Å²) in [5, 5.41) is 3.18. The molecule has 110 valence electrons. The van der Waals surface area contributed by atoms with Crippen molar-refractivity contribution in [2.24, 2.45) is 0 Å². The number of hydrogen-bond acceptors (Lipinski definition) is 3. The van der Waals surface area contributed by atoms with Crippen LogP contribution in [0, 0.1) is 19.3 Å². The van der Waals surface area contributed by atoms with Gasteiger partial charge in [0.2, 0.25) is 10.0 Å². The third-order valence-electron chi connectivity index (χ3n) is 2.94. The van der Waals surface area contributed by atoms with Crippen LogP contribution in [0.2, 0.25) is 0 Å². The van der Waals surface area contributed by atoms with Crippen molar-refractivity contribution in [1.29, 1.82) is 0 Å². The van der Waals surface area contributed by atoms with Gasteiger partial charge in [-0.15, -0.1) is 6.42 Å². The van der Waals surface area contributed by atoms with E-state index in [0.717, 1.165) is 16.6 Å². The average molecular weight is 359 g/mol. The lowest BCUT2D eigenvalue weighted by atomic mass is 10.1. The molecule has 1 rings (SSSR count). The van der Waals surface area contributed by atoms with Gasteiger partial charge in [0, 0.05) is 18.1 Å². The number of terminal acetylenes is 1. The Morgan fingerprint density at radius 1 is 1.45 bits per heavy atom. The number of halogens is 1. The van der Waals surface area contributed by atoms with E-state index in [4.69, 9.17) is 6.42 Å². The number of sulfonamides is 1. The molecule has 0 aliphatic heterocycles. The fourth-order valence-electron chi connectivity index (χ4n) is 1.73. The van der Waals surface area contributed by atoms with E-state index in [1.54, 1.807) is 13.0 Å². The Bertz CT molecular complexity index is 621. The maximum Gasteiger partial charge on any atom is 0.244 e. The van der Waals surface area contributed by atoms with Gasteiger partial charge in [0.25, 0.3) is 0 Å². The third kappa shape index (κ3) is 3.83. The Hall–Kier alpha value is -0.870. The minimum absolute atomic E-state index is 0.0524. The van der Waals surface area contributed by atoms with Gasteiger partial charge in [-0.2, -0.15) is 4.31 Å². The second kappa shape index (κ2) is 7.23. The van der Waals surface area contributed by atoms with E-state index < -0.39 is 10.0 Å². The third-order valence-corrected chi connectivity index (χ3v) is 5.69. The fourth-order valence-corrected chi connectivity index (χ4v) is 3.74. The number of rotatable bonds is 6. The smallest absolute Gasteiger partial charge is 0.244 e. The predicted molar refractivity (Wildman–Crippen MR) is 84.9 cm³/mol. The maximum atomic E-state index is 12.5. The Labute approximate surface area is 129 Å². The highest BCUT2D eigenvalue weighted by Gasteiger charge is 2.23. The van der Waals surface area contributed by atoms with E-state index >= 15 is 0 Å². The Morgan fingerprint density at radius 3 is 2.65 bits per heavy atom. The Balaban J connectivity index is 3.29. The molecule has 6 heteroatoms. The SMILES string of the molecule is C#CCN(C)S(=O)(=O)c1cc(CNCC)cc(Br)c1C. The monoisotopic (exact) mass is 358 g/mol. The van der Waals surface area contributed by atoms with E-state index in [1.165, 1.54) is 11.4 Å². The molecule has 0 radical (unpaired) electrons. The molecule has 0 heterocycles. The predicted octanol–water partition coefficient (Wildman–Crippen LogP) is 2.12. The molecule has 0 aliphatic carbocycles. The first-order valence-electron chi connectivity index (χ1n) is 6.24. The summed E-state index contributed by atoms with van der Waals surface area (Å²) in [7, 11) is -2.08. The van der Waals surface area contributed by atoms with Gasteiger partial charge < -0.3 is 5.32 Å². The molecule has 0 spiro atoms. The van der Waals surface area contributed by atoms with Crippen LogP contribution in [0.25, 0.3) is 0 Å². The van der Waals surface area contributed by atoms with Crippen molar-refractivity contribution < 1.29 is 8.42 Å². The highest BCUT2D eigenvalue weighted by molar-refractivity contribution is 9.10. The molecule has 1 aromatic rings. The molecule has 0 fully saturated rings. The van der Waals surface area contributed by atoms with Crippen molar-refractivity contribution in [3.05, 3.63) is 27.7 Å². The molecule has 0 saturated carbocycles. The van der Waals surface area contributed by atoms with E-state index in [-0.39, 0.29) is 11.4 Å². The van der Waals surface area contributed by atoms with Crippen LogP contribution in [-0.4, -0.2) is 32.9 Å². The molecular weight excluding hydrogens is 340 g/mol. The van der Waals surface area contributed by atoms with E-state index in [1.807, 2.05) is 13.0 Å². The Morgan fingerprint density at radius 2 is 2.10 bits per heavy atom. The summed E-state index contributed by atoms with van der Waals surface area (Å²) >= 11 is 3.42. The van der Waals surface area contributed by atoms with E-state index in [2.05, 4.69) is 27.2 Å². The van der Waals surface area contributed by atoms with Gasteiger partial charge in [0.1, 0.15) is 0 Å². The maximum absolute atomic E-state index is 12.5. The summed E-state index contributed by atoms with van der Waals surface area (Å²) in [6.07, 6.45) is 5.19. The number of nitrogens with zero attached hydrogens (tertiary/aromatic N) is 1. The average Bonchev–Trinajstić information content (AvgIpc) is 2.39. The van der Waals surface area contributed by atoms with Crippen molar-refractivity contribution in [2.75, 3.05) is 20.1 Å². The van der Waals surface area contributed by atoms with Crippen LogP contribution >= 0.6 is 15.9 Å². The first-order chi connectivity index (χ1) is 9.34. The molecule has 0 aromatic heterocycles. The normalized spacial score (nSPS) is 11.6. The summed E-state index contributed by atoms with van der Waals surface area (Å²) < 4.78 is 27.0. The van der Waals surface area contributed by atoms with Crippen molar-refractivity contribution in [3.8, 4) is 12.3 Å². The summed E-state index contributed by atoms with van der Waals surface area (Å²) in [5.74, 6) is 2.35. The molecule has 0 saturated heterocycles. The van der Waals surface area contributed by atoms with Crippen molar-refractivity contribution in [2.45, 2.75) is 25.3 Å². The zero-order valence-electron chi connectivity index (χ0n) is 11.9. The second-order valence-electron chi connectivity index (χ2n) is 4.45. The van der Waals surface area contributed by atoms with Crippen LogP contribution in [-0.2, 0) is 16.6 Å². The zero-order valence-corrected chi connectivity index (χ0v) is 14.3. The van der Waals surface area contributed by atoms with E-state index in [9.17, 15) is 8.42 Å². The van der Waals surface area contributed by atoms with Gasteiger partial charge in [0.05, 0.1) is 11.4 Å². The topological polar surface area (TPSA) is 49.4 Å². The summed E-state index contributed by atoms with van der Waals surface area (Å²) in [6, 6.07) is 3.63. The van der Waals surface area contributed by atoms with Crippen LogP contribution < -0.4 is 5.32 Å². The fraction of sp³-hybridized carbons (Fsp3) is 0.429. The van der Waals surface area contributed by atoms with Crippen LogP contribution in [0.4, 0.5) is 0 Å². The highest BCUT2D eigenvalue weighted by Crippen LogP contribution is 2.27. The molecule has 0 unspecified atom stereocenters. The second-order valence-corrected chi connectivity index (χ2v) is 7.31. The Kier molecular flexibility index (Phi) is 6.21. The van der Waals surface area contributed by atoms with Gasteiger partial charge in [-0.05, 0) is 36.7 Å². The lowest BCUT2D eigenvalue weighted by Gasteiger charge is -2.18. The number of nitrogens with one attached hydrogen (secondary N) is 1. The molecule has 0 bridgehead atoms. The number of hydrogen-bond donors (Lipinski definition) is 1. The van der Waals surface area contributed by atoms with Gasteiger partial charge >= 0.3 is 0 Å². The van der Waals surface area contributed by atoms with Crippen molar-refractivity contribution >= 4 is 26.0 Å². The van der Waals surface area contributed by atoms with Crippen LogP contribution in [0.5, 0.6) is 0 Å². The van der Waals surface area contributed by atoms with Crippen LogP contribution in [0.15, 0.2) is 21.5 Å². The first kappa shape index (κ1) is 17.2. The number of benzene rings is 1. The van der Waals surface area contributed by atoms with E-state index in [0.29, 0.717) is 12.1 Å². The molecule has 4 nitrogen and oxygen atoms in total. The van der Waals surface area contributed by atoms with Gasteiger partial charge in [-0.1, -0.05) is 28.8 Å². The summed E-state index contributed by atoms with van der Waals surface area (Å²) in [4.78, 5) is 0.289.